The first-order valence-corrected chi connectivity index (χ1v) is 11.7. The van der Waals surface area contributed by atoms with Gasteiger partial charge in [0, 0.05) is 23.2 Å². The number of para-hydroxylation sites is 1. The number of halogens is 1. The Labute approximate surface area is 193 Å². The Hall–Kier alpha value is -3.17. The molecule has 4 rings (SSSR count). The molecule has 4 aromatic rings. The lowest BCUT2D eigenvalue weighted by atomic mass is 10.2. The standard InChI is InChI=1S/C23H21FN4O2S2/c1-3-11-28-21(13-30-20-10-5-4-9-19(20)24)26-27-23(28)32-15-17-14-31-22(25-17)16-7-6-8-18(12-16)29-2/h3-10,12,14H,1,11,13,15H2,2H3. The van der Waals surface area contributed by atoms with E-state index in [4.69, 9.17) is 14.5 Å². The molecule has 2 aromatic carbocycles. The smallest absolute Gasteiger partial charge is 0.191 e. The number of methoxy groups -OCH3 is 1. The van der Waals surface area contributed by atoms with Crippen LogP contribution in [0.1, 0.15) is 11.5 Å². The second-order valence-electron chi connectivity index (χ2n) is 6.68. The Morgan fingerprint density at radius 1 is 1.19 bits per heavy atom. The van der Waals surface area contributed by atoms with Gasteiger partial charge in [-0.25, -0.2) is 9.37 Å². The normalized spacial score (nSPS) is 10.8. The zero-order chi connectivity index (χ0) is 22.3. The molecule has 0 atom stereocenters. The van der Waals surface area contributed by atoms with Gasteiger partial charge in [-0.15, -0.1) is 28.1 Å². The SMILES string of the molecule is C=CCn1c(COc2ccccc2F)nnc1SCc1csc(-c2cccc(OC)c2)n1. The van der Waals surface area contributed by atoms with Gasteiger partial charge in [0.05, 0.1) is 12.8 Å². The molecule has 0 unspecified atom stereocenters. The minimum atomic E-state index is -0.410. The number of aromatic nitrogens is 4. The molecule has 6 nitrogen and oxygen atoms in total. The van der Waals surface area contributed by atoms with Crippen LogP contribution in [-0.2, 0) is 18.9 Å². The Morgan fingerprint density at radius 2 is 2.06 bits per heavy atom. The van der Waals surface area contributed by atoms with E-state index in [9.17, 15) is 4.39 Å². The Kier molecular flexibility index (Phi) is 7.18. The van der Waals surface area contributed by atoms with Gasteiger partial charge in [-0.2, -0.15) is 0 Å². The van der Waals surface area contributed by atoms with Crippen molar-refractivity contribution in [2.24, 2.45) is 0 Å². The first kappa shape index (κ1) is 22.0. The van der Waals surface area contributed by atoms with E-state index >= 15 is 0 Å². The van der Waals surface area contributed by atoms with Crippen LogP contribution in [0.4, 0.5) is 4.39 Å². The second-order valence-corrected chi connectivity index (χ2v) is 8.48. The molecular formula is C23H21FN4O2S2. The quantitative estimate of drug-likeness (QED) is 0.223. The number of hydrogen-bond acceptors (Lipinski definition) is 7. The Morgan fingerprint density at radius 3 is 2.88 bits per heavy atom. The molecule has 2 heterocycles. The monoisotopic (exact) mass is 468 g/mol. The van der Waals surface area contributed by atoms with Crippen LogP contribution in [0.5, 0.6) is 11.5 Å². The average Bonchev–Trinajstić information content (AvgIpc) is 3.45. The number of hydrogen-bond donors (Lipinski definition) is 0. The lowest BCUT2D eigenvalue weighted by Crippen LogP contribution is -2.08. The summed E-state index contributed by atoms with van der Waals surface area (Å²) in [6.07, 6.45) is 1.77. The van der Waals surface area contributed by atoms with Crippen LogP contribution in [0.3, 0.4) is 0 Å². The first-order chi connectivity index (χ1) is 15.7. The van der Waals surface area contributed by atoms with Gasteiger partial charge in [-0.1, -0.05) is 42.1 Å². The van der Waals surface area contributed by atoms with Crippen molar-refractivity contribution in [3.63, 3.8) is 0 Å². The summed E-state index contributed by atoms with van der Waals surface area (Å²) in [5.41, 5.74) is 1.98. The van der Waals surface area contributed by atoms with Crippen molar-refractivity contribution in [2.45, 2.75) is 24.1 Å². The van der Waals surface area contributed by atoms with Crippen LogP contribution in [-0.4, -0.2) is 26.9 Å². The average molecular weight is 469 g/mol. The number of benzene rings is 2. The molecule has 0 aliphatic carbocycles. The molecule has 0 bridgehead atoms. The van der Waals surface area contributed by atoms with Gasteiger partial charge < -0.3 is 9.47 Å². The van der Waals surface area contributed by atoms with Gasteiger partial charge in [-0.3, -0.25) is 4.57 Å². The predicted octanol–water partition coefficient (Wildman–Crippen LogP) is 5.61. The molecular weight excluding hydrogens is 447 g/mol. The molecule has 0 radical (unpaired) electrons. The van der Waals surface area contributed by atoms with E-state index in [0.717, 1.165) is 27.2 Å². The van der Waals surface area contributed by atoms with Gasteiger partial charge in [0.2, 0.25) is 0 Å². The maximum absolute atomic E-state index is 13.8. The van der Waals surface area contributed by atoms with E-state index < -0.39 is 5.82 Å². The summed E-state index contributed by atoms with van der Waals surface area (Å²) in [7, 11) is 1.65. The van der Waals surface area contributed by atoms with Gasteiger partial charge in [0.15, 0.2) is 22.5 Å². The van der Waals surface area contributed by atoms with Crippen molar-refractivity contribution in [3.8, 4) is 22.1 Å². The Bertz CT molecular complexity index is 1210. The summed E-state index contributed by atoms with van der Waals surface area (Å²) in [6, 6.07) is 14.1. The number of thioether (sulfide) groups is 1. The van der Waals surface area contributed by atoms with Crippen molar-refractivity contribution >= 4 is 23.1 Å². The van der Waals surface area contributed by atoms with Crippen molar-refractivity contribution in [2.75, 3.05) is 7.11 Å². The molecule has 164 valence electrons. The lowest BCUT2D eigenvalue weighted by molar-refractivity contribution is 0.275. The van der Waals surface area contributed by atoms with Crippen molar-refractivity contribution in [3.05, 3.63) is 83.9 Å². The molecule has 9 heteroatoms. The van der Waals surface area contributed by atoms with E-state index in [1.54, 1.807) is 42.7 Å². The molecule has 0 aliphatic rings. The fraction of sp³-hybridized carbons (Fsp3) is 0.174. The van der Waals surface area contributed by atoms with Crippen molar-refractivity contribution < 1.29 is 13.9 Å². The van der Waals surface area contributed by atoms with Crippen LogP contribution in [0, 0.1) is 5.82 Å². The number of thiazole rings is 1. The van der Waals surface area contributed by atoms with E-state index in [1.807, 2.05) is 34.2 Å². The highest BCUT2D eigenvalue weighted by molar-refractivity contribution is 7.98. The number of rotatable bonds is 10. The number of allylic oxidation sites excluding steroid dienone is 1. The maximum atomic E-state index is 13.8. The number of nitrogens with zero attached hydrogens (tertiary/aromatic N) is 4. The Balaban J connectivity index is 1.44. The minimum Gasteiger partial charge on any atom is -0.497 e. The molecule has 0 saturated carbocycles. The van der Waals surface area contributed by atoms with Crippen LogP contribution in [0.2, 0.25) is 0 Å². The van der Waals surface area contributed by atoms with Crippen LogP contribution in [0.15, 0.2) is 71.7 Å². The molecule has 0 saturated heterocycles. The topological polar surface area (TPSA) is 62.1 Å². The summed E-state index contributed by atoms with van der Waals surface area (Å²) in [5, 5.41) is 12.2. The highest BCUT2D eigenvalue weighted by Gasteiger charge is 2.14. The largest absolute Gasteiger partial charge is 0.497 e. The maximum Gasteiger partial charge on any atom is 0.191 e. The van der Waals surface area contributed by atoms with Crippen LogP contribution < -0.4 is 9.47 Å². The molecule has 2 aromatic heterocycles. The predicted molar refractivity (Wildman–Crippen MR) is 125 cm³/mol. The van der Waals surface area contributed by atoms with Gasteiger partial charge in [0.25, 0.3) is 0 Å². The fourth-order valence-electron chi connectivity index (χ4n) is 2.95. The third-order valence-electron chi connectivity index (χ3n) is 4.52. The number of ether oxygens (including phenoxy) is 2. The molecule has 0 N–H and O–H groups in total. The molecule has 0 spiro atoms. The van der Waals surface area contributed by atoms with Crippen LogP contribution >= 0.6 is 23.1 Å². The molecule has 32 heavy (non-hydrogen) atoms. The second kappa shape index (κ2) is 10.4. The molecule has 0 aliphatic heterocycles. The van der Waals surface area contributed by atoms with Gasteiger partial charge in [-0.05, 0) is 24.3 Å². The summed E-state index contributed by atoms with van der Waals surface area (Å²) < 4.78 is 26.6. The summed E-state index contributed by atoms with van der Waals surface area (Å²) in [6.45, 7) is 4.45. The van der Waals surface area contributed by atoms with E-state index in [-0.39, 0.29) is 12.4 Å². The third kappa shape index (κ3) is 5.17. The third-order valence-corrected chi connectivity index (χ3v) is 6.46. The summed E-state index contributed by atoms with van der Waals surface area (Å²) in [5.74, 6) is 1.82. The lowest BCUT2D eigenvalue weighted by Gasteiger charge is -2.09. The summed E-state index contributed by atoms with van der Waals surface area (Å²) >= 11 is 3.12. The van der Waals surface area contributed by atoms with E-state index in [0.29, 0.717) is 18.1 Å². The molecule has 0 amide bonds. The highest BCUT2D eigenvalue weighted by atomic mass is 32.2. The molecule has 0 fully saturated rings. The van der Waals surface area contributed by atoms with Crippen molar-refractivity contribution in [1.82, 2.24) is 19.7 Å². The zero-order valence-electron chi connectivity index (χ0n) is 17.4. The zero-order valence-corrected chi connectivity index (χ0v) is 19.0. The van der Waals surface area contributed by atoms with E-state index in [2.05, 4.69) is 16.8 Å². The van der Waals surface area contributed by atoms with Crippen molar-refractivity contribution in [1.29, 1.82) is 0 Å². The van der Waals surface area contributed by atoms with Gasteiger partial charge >= 0.3 is 0 Å². The summed E-state index contributed by atoms with van der Waals surface area (Å²) in [4.78, 5) is 4.74. The van der Waals surface area contributed by atoms with Gasteiger partial charge in [0.1, 0.15) is 17.4 Å². The fourth-order valence-corrected chi connectivity index (χ4v) is 4.73. The van der Waals surface area contributed by atoms with Crippen LogP contribution in [0.25, 0.3) is 10.6 Å². The minimum absolute atomic E-state index is 0.110. The first-order valence-electron chi connectivity index (χ1n) is 9.80. The van der Waals surface area contributed by atoms with E-state index in [1.165, 1.54) is 17.8 Å². The highest BCUT2D eigenvalue weighted by Crippen LogP contribution is 2.29.